The summed E-state index contributed by atoms with van der Waals surface area (Å²) in [6.07, 6.45) is 4.25. The first-order valence-corrected chi connectivity index (χ1v) is 9.78. The molecule has 0 unspecified atom stereocenters. The summed E-state index contributed by atoms with van der Waals surface area (Å²) >= 11 is 3.42. The molecular weight excluding hydrogens is 410 g/mol. The van der Waals surface area contributed by atoms with Crippen molar-refractivity contribution in [2.24, 2.45) is 5.92 Å². The number of hydrogen-bond donors (Lipinski definition) is 2. The molecule has 2 rings (SSSR count). The zero-order valence-corrected chi connectivity index (χ0v) is 17.4. The van der Waals surface area contributed by atoms with Gasteiger partial charge in [-0.3, -0.25) is 14.9 Å². The topological polar surface area (TPSA) is 84.2 Å². The largest absolute Gasteiger partial charge is 0.480 e. The predicted molar refractivity (Wildman–Crippen MR) is 108 cm³/mol. The highest BCUT2D eigenvalue weighted by Crippen LogP contribution is 2.14. The van der Waals surface area contributed by atoms with Crippen LogP contribution in [0.25, 0.3) is 0 Å². The molecule has 2 aromatic rings. The van der Waals surface area contributed by atoms with E-state index in [4.69, 9.17) is 0 Å². The van der Waals surface area contributed by atoms with Crippen LogP contribution in [0.15, 0.2) is 41.3 Å². The van der Waals surface area contributed by atoms with Gasteiger partial charge < -0.3 is 9.67 Å². The van der Waals surface area contributed by atoms with E-state index >= 15 is 0 Å². The van der Waals surface area contributed by atoms with Crippen molar-refractivity contribution in [3.05, 3.63) is 52.5 Å². The van der Waals surface area contributed by atoms with Gasteiger partial charge in [0.2, 0.25) is 0 Å². The van der Waals surface area contributed by atoms with Gasteiger partial charge in [0.05, 0.1) is 12.4 Å². The molecule has 0 spiro atoms. The second kappa shape index (κ2) is 9.80. The van der Waals surface area contributed by atoms with Crippen molar-refractivity contribution < 1.29 is 14.7 Å². The average Bonchev–Trinajstić information content (AvgIpc) is 3.01. The maximum atomic E-state index is 11.9. The van der Waals surface area contributed by atoms with Crippen LogP contribution in [0.5, 0.6) is 0 Å². The molecule has 2 N–H and O–H groups in total. The fourth-order valence-electron chi connectivity index (χ4n) is 2.94. The molecule has 146 valence electrons. The zero-order chi connectivity index (χ0) is 20.0. The number of carboxylic acid groups (broad SMARTS) is 1. The maximum Gasteiger partial charge on any atom is 0.321 e. The van der Waals surface area contributed by atoms with Crippen LogP contribution in [-0.4, -0.2) is 38.5 Å². The minimum absolute atomic E-state index is 0.0432. The van der Waals surface area contributed by atoms with Gasteiger partial charge in [0.25, 0.3) is 0 Å². The van der Waals surface area contributed by atoms with Gasteiger partial charge in [-0.1, -0.05) is 41.9 Å². The molecule has 7 heteroatoms. The number of carboxylic acids is 1. The lowest BCUT2D eigenvalue weighted by molar-refractivity contribution is -0.139. The highest BCUT2D eigenvalue weighted by molar-refractivity contribution is 9.10. The molecule has 0 amide bonds. The van der Waals surface area contributed by atoms with E-state index in [-0.39, 0.29) is 12.2 Å². The first kappa shape index (κ1) is 21.3. The fourth-order valence-corrected chi connectivity index (χ4v) is 3.20. The Morgan fingerprint density at radius 2 is 1.89 bits per heavy atom. The van der Waals surface area contributed by atoms with Crippen molar-refractivity contribution in [1.82, 2.24) is 14.9 Å². The number of nitrogens with one attached hydrogen (secondary N) is 1. The van der Waals surface area contributed by atoms with Gasteiger partial charge in [0.1, 0.15) is 11.8 Å². The smallest absolute Gasteiger partial charge is 0.321 e. The first-order valence-electron chi connectivity index (χ1n) is 8.99. The number of Topliss-reactive ketones (excluding diaryl/α,β-unsaturated/α-hetero) is 1. The van der Waals surface area contributed by atoms with E-state index in [1.54, 1.807) is 12.5 Å². The van der Waals surface area contributed by atoms with Crippen molar-refractivity contribution in [3.8, 4) is 0 Å². The van der Waals surface area contributed by atoms with E-state index in [0.29, 0.717) is 18.9 Å². The molecule has 0 aliphatic heterocycles. The molecule has 0 aliphatic rings. The van der Waals surface area contributed by atoms with Crippen LogP contribution in [0.4, 0.5) is 0 Å². The number of carbonyl (C=O) groups excluding carboxylic acids is 1. The molecular formula is C20H26BrN3O3. The van der Waals surface area contributed by atoms with E-state index < -0.39 is 18.1 Å². The highest BCUT2D eigenvalue weighted by atomic mass is 79.9. The molecule has 6 nitrogen and oxygen atoms in total. The van der Waals surface area contributed by atoms with Crippen molar-refractivity contribution in [3.63, 3.8) is 0 Å². The zero-order valence-electron chi connectivity index (χ0n) is 15.9. The van der Waals surface area contributed by atoms with E-state index in [9.17, 15) is 14.7 Å². The summed E-state index contributed by atoms with van der Waals surface area (Å²) in [5.74, 6) is -0.719. The number of nitrogens with zero attached hydrogens (tertiary/aromatic N) is 2. The number of rotatable bonds is 10. The van der Waals surface area contributed by atoms with E-state index in [0.717, 1.165) is 15.7 Å². The van der Waals surface area contributed by atoms with Crippen LogP contribution in [0.2, 0.25) is 0 Å². The lowest BCUT2D eigenvalue weighted by Gasteiger charge is -2.23. The number of aliphatic carboxylic acids is 1. The van der Waals surface area contributed by atoms with Gasteiger partial charge in [0.15, 0.2) is 0 Å². The lowest BCUT2D eigenvalue weighted by atomic mass is 9.99. The monoisotopic (exact) mass is 435 g/mol. The Hall–Kier alpha value is -1.99. The van der Waals surface area contributed by atoms with Crippen LogP contribution >= 0.6 is 15.9 Å². The molecule has 27 heavy (non-hydrogen) atoms. The molecule has 0 radical (unpaired) electrons. The third kappa shape index (κ3) is 6.59. The lowest BCUT2D eigenvalue weighted by Crippen LogP contribution is -2.48. The van der Waals surface area contributed by atoms with Crippen LogP contribution in [0.1, 0.15) is 38.4 Å². The molecule has 0 saturated heterocycles. The van der Waals surface area contributed by atoms with Crippen LogP contribution in [0, 0.1) is 5.92 Å². The number of halogens is 1. The number of benzene rings is 1. The van der Waals surface area contributed by atoms with Crippen LogP contribution < -0.4 is 5.32 Å². The first-order chi connectivity index (χ1) is 12.8. The summed E-state index contributed by atoms with van der Waals surface area (Å²) < 4.78 is 2.94. The quantitative estimate of drug-likeness (QED) is 0.597. The van der Waals surface area contributed by atoms with Crippen molar-refractivity contribution in [2.45, 2.75) is 52.2 Å². The van der Waals surface area contributed by atoms with Crippen LogP contribution in [-0.2, 0) is 22.6 Å². The van der Waals surface area contributed by atoms with Gasteiger partial charge in [-0.2, -0.15) is 0 Å². The van der Waals surface area contributed by atoms with E-state index in [2.05, 4.69) is 26.2 Å². The summed E-state index contributed by atoms with van der Waals surface area (Å²) in [7, 11) is 0. The van der Waals surface area contributed by atoms with Crippen molar-refractivity contribution >= 4 is 27.7 Å². The standard InChI is InChI=1S/C20H26BrN3O3/c1-13(2)8-18(14(3)25)23-19(20(26)27)9-17-10-22-12-24(17)11-15-4-6-16(21)7-5-15/h4-7,10,12-13,18-19,23H,8-9,11H2,1-3H3,(H,26,27)/t18-,19-/m0/s1. The molecule has 2 atom stereocenters. The molecule has 0 fully saturated rings. The molecule has 1 heterocycles. The minimum Gasteiger partial charge on any atom is -0.480 e. The molecule has 1 aromatic carbocycles. The van der Waals surface area contributed by atoms with Crippen molar-refractivity contribution in [2.75, 3.05) is 0 Å². The van der Waals surface area contributed by atoms with E-state index in [1.807, 2.05) is 42.7 Å². The Morgan fingerprint density at radius 3 is 2.44 bits per heavy atom. The third-order valence-electron chi connectivity index (χ3n) is 4.38. The van der Waals surface area contributed by atoms with E-state index in [1.165, 1.54) is 6.92 Å². The van der Waals surface area contributed by atoms with Crippen LogP contribution in [0.3, 0.4) is 0 Å². The predicted octanol–water partition coefficient (Wildman–Crippen LogP) is 3.28. The number of hydrogen-bond acceptors (Lipinski definition) is 4. The maximum absolute atomic E-state index is 11.9. The highest BCUT2D eigenvalue weighted by Gasteiger charge is 2.26. The summed E-state index contributed by atoms with van der Waals surface area (Å²) in [5, 5.41) is 12.7. The Morgan fingerprint density at radius 1 is 1.22 bits per heavy atom. The molecule has 0 saturated carbocycles. The van der Waals surface area contributed by atoms with Crippen molar-refractivity contribution in [1.29, 1.82) is 0 Å². The summed E-state index contributed by atoms with van der Waals surface area (Å²) in [6, 6.07) is 6.64. The Bertz CT molecular complexity index is 771. The number of imidazole rings is 1. The second-order valence-electron chi connectivity index (χ2n) is 7.19. The van der Waals surface area contributed by atoms with Gasteiger partial charge in [-0.15, -0.1) is 0 Å². The van der Waals surface area contributed by atoms with Gasteiger partial charge in [-0.05, 0) is 37.0 Å². The summed E-state index contributed by atoms with van der Waals surface area (Å²) in [6.45, 7) is 6.13. The Balaban J connectivity index is 2.12. The average molecular weight is 436 g/mol. The van der Waals surface area contributed by atoms with Gasteiger partial charge in [-0.25, -0.2) is 4.98 Å². The van der Waals surface area contributed by atoms with Gasteiger partial charge in [0, 0.05) is 29.3 Å². The number of ketones is 1. The summed E-state index contributed by atoms with van der Waals surface area (Å²) in [5.41, 5.74) is 1.91. The molecule has 0 bridgehead atoms. The normalized spacial score (nSPS) is 13.5. The Kier molecular flexibility index (Phi) is 7.74. The summed E-state index contributed by atoms with van der Waals surface area (Å²) in [4.78, 5) is 27.8. The number of carbonyl (C=O) groups is 2. The second-order valence-corrected chi connectivity index (χ2v) is 8.11. The molecule has 0 aliphatic carbocycles. The number of aromatic nitrogens is 2. The molecule has 1 aromatic heterocycles. The fraction of sp³-hybridized carbons (Fsp3) is 0.450. The third-order valence-corrected chi connectivity index (χ3v) is 4.90. The SMILES string of the molecule is CC(=O)[C@H](CC(C)C)N[C@@H](Cc1cncn1Cc1ccc(Br)cc1)C(=O)O. The van der Waals surface area contributed by atoms with Gasteiger partial charge >= 0.3 is 5.97 Å². The Labute approximate surface area is 168 Å². The minimum atomic E-state index is -0.971.